The van der Waals surface area contributed by atoms with Crippen molar-refractivity contribution in [3.63, 3.8) is 0 Å². The molecule has 0 unspecified atom stereocenters. The Morgan fingerprint density at radius 1 is 1.07 bits per heavy atom. The number of carbonyl (C=O) groups excluding carboxylic acids is 1. The van der Waals surface area contributed by atoms with Crippen LogP contribution in [0.5, 0.6) is 0 Å². The summed E-state index contributed by atoms with van der Waals surface area (Å²) in [6.07, 6.45) is 1.97. The van der Waals surface area contributed by atoms with E-state index in [0.717, 1.165) is 50.6 Å². The van der Waals surface area contributed by atoms with E-state index in [4.69, 9.17) is 11.6 Å². The second-order valence-corrected chi connectivity index (χ2v) is 7.57. The minimum Gasteiger partial charge on any atom is -0.369 e. The predicted molar refractivity (Wildman–Crippen MR) is 113 cm³/mol. The quantitative estimate of drug-likeness (QED) is 0.741. The predicted octanol–water partition coefficient (Wildman–Crippen LogP) is 3.52. The third-order valence-electron chi connectivity index (χ3n) is 5.06. The summed E-state index contributed by atoms with van der Waals surface area (Å²) in [6, 6.07) is 16.4. The van der Waals surface area contributed by atoms with Crippen molar-refractivity contribution >= 4 is 23.2 Å². The number of nitrogens with zero attached hydrogens (tertiary/aromatic N) is 2. The van der Waals surface area contributed by atoms with E-state index in [1.165, 1.54) is 16.8 Å². The number of anilines is 1. The smallest absolute Gasteiger partial charge is 0.234 e. The maximum Gasteiger partial charge on any atom is 0.234 e. The lowest BCUT2D eigenvalue weighted by molar-refractivity contribution is -0.122. The lowest BCUT2D eigenvalue weighted by Gasteiger charge is -2.36. The Labute approximate surface area is 167 Å². The summed E-state index contributed by atoms with van der Waals surface area (Å²) in [6.45, 7) is 6.95. The molecule has 1 heterocycles. The zero-order valence-electron chi connectivity index (χ0n) is 16.0. The number of rotatable bonds is 7. The van der Waals surface area contributed by atoms with Crippen molar-refractivity contribution in [1.29, 1.82) is 0 Å². The van der Waals surface area contributed by atoms with E-state index in [-0.39, 0.29) is 5.91 Å². The normalized spacial score (nSPS) is 15.0. The summed E-state index contributed by atoms with van der Waals surface area (Å²) < 4.78 is 0. The fourth-order valence-corrected chi connectivity index (χ4v) is 3.66. The number of hydrogen-bond acceptors (Lipinski definition) is 3. The van der Waals surface area contributed by atoms with Crippen LogP contribution in [-0.4, -0.2) is 50.1 Å². The number of hydrogen-bond donors (Lipinski definition) is 1. The summed E-state index contributed by atoms with van der Waals surface area (Å²) in [4.78, 5) is 16.8. The number of carbonyl (C=O) groups is 1. The van der Waals surface area contributed by atoms with E-state index in [1.54, 1.807) is 0 Å². The molecule has 1 fully saturated rings. The van der Waals surface area contributed by atoms with Crippen LogP contribution in [0.25, 0.3) is 0 Å². The Hall–Kier alpha value is -2.04. The number of aryl methyl sites for hydroxylation is 2. The molecule has 4 nitrogen and oxygen atoms in total. The van der Waals surface area contributed by atoms with E-state index in [0.29, 0.717) is 6.54 Å². The monoisotopic (exact) mass is 385 g/mol. The molecular formula is C22H28ClN3O. The fourth-order valence-electron chi connectivity index (χ4n) is 3.49. The molecule has 0 radical (unpaired) electrons. The number of halogens is 1. The van der Waals surface area contributed by atoms with Crippen LogP contribution in [0.15, 0.2) is 48.5 Å². The molecule has 1 aliphatic heterocycles. The van der Waals surface area contributed by atoms with Crippen LogP contribution in [0.1, 0.15) is 17.5 Å². The molecule has 0 aliphatic carbocycles. The molecule has 144 valence electrons. The Bertz CT molecular complexity index is 742. The van der Waals surface area contributed by atoms with Gasteiger partial charge in [-0.3, -0.25) is 9.69 Å². The number of nitrogens with one attached hydrogen (secondary N) is 1. The molecular weight excluding hydrogens is 358 g/mol. The first-order valence-corrected chi connectivity index (χ1v) is 10.0. The molecule has 3 rings (SSSR count). The minimum absolute atomic E-state index is 0.121. The van der Waals surface area contributed by atoms with Gasteiger partial charge in [-0.1, -0.05) is 48.0 Å². The van der Waals surface area contributed by atoms with Gasteiger partial charge in [0.1, 0.15) is 0 Å². The summed E-state index contributed by atoms with van der Waals surface area (Å²) in [5.74, 6) is 0.121. The second-order valence-electron chi connectivity index (χ2n) is 7.13. The minimum atomic E-state index is 0.121. The van der Waals surface area contributed by atoms with E-state index < -0.39 is 0 Å². The van der Waals surface area contributed by atoms with Crippen LogP contribution >= 0.6 is 11.6 Å². The van der Waals surface area contributed by atoms with Gasteiger partial charge in [-0.05, 0) is 43.0 Å². The van der Waals surface area contributed by atoms with Crippen molar-refractivity contribution in [2.75, 3.05) is 44.2 Å². The van der Waals surface area contributed by atoms with Crippen LogP contribution in [0.3, 0.4) is 0 Å². The molecule has 2 aromatic rings. The fraction of sp³-hybridized carbons (Fsp3) is 0.409. The van der Waals surface area contributed by atoms with E-state index in [9.17, 15) is 4.79 Å². The molecule has 27 heavy (non-hydrogen) atoms. The van der Waals surface area contributed by atoms with E-state index >= 15 is 0 Å². The lowest BCUT2D eigenvalue weighted by Crippen LogP contribution is -2.49. The van der Waals surface area contributed by atoms with Crippen LogP contribution in [0, 0.1) is 6.92 Å². The van der Waals surface area contributed by atoms with Gasteiger partial charge in [0.15, 0.2) is 0 Å². The Morgan fingerprint density at radius 3 is 2.56 bits per heavy atom. The van der Waals surface area contributed by atoms with Gasteiger partial charge in [0.25, 0.3) is 0 Å². The molecule has 2 aromatic carbocycles. The van der Waals surface area contributed by atoms with E-state index in [1.807, 2.05) is 18.2 Å². The molecule has 1 N–H and O–H groups in total. The van der Waals surface area contributed by atoms with Crippen LogP contribution < -0.4 is 10.2 Å². The second kappa shape index (κ2) is 9.77. The maximum absolute atomic E-state index is 12.2. The molecule has 1 saturated heterocycles. The third kappa shape index (κ3) is 5.98. The first kappa shape index (κ1) is 19.7. The van der Waals surface area contributed by atoms with Gasteiger partial charge in [0.05, 0.1) is 6.54 Å². The van der Waals surface area contributed by atoms with Crippen LogP contribution in [0.4, 0.5) is 5.69 Å². The van der Waals surface area contributed by atoms with E-state index in [2.05, 4.69) is 52.4 Å². The SMILES string of the molecule is Cc1ccc(Cl)cc1N1CCN(CC(=O)NCCCc2ccccc2)CC1. The Morgan fingerprint density at radius 2 is 1.81 bits per heavy atom. The Kier molecular flexibility index (Phi) is 7.13. The molecule has 0 atom stereocenters. The van der Waals surface area contributed by atoms with Crippen molar-refractivity contribution in [2.45, 2.75) is 19.8 Å². The Balaban J connectivity index is 1.36. The first-order valence-electron chi connectivity index (χ1n) is 9.66. The first-order chi connectivity index (χ1) is 13.1. The highest BCUT2D eigenvalue weighted by Crippen LogP contribution is 2.25. The van der Waals surface area contributed by atoms with Gasteiger partial charge in [0, 0.05) is 43.4 Å². The van der Waals surface area contributed by atoms with Crippen LogP contribution in [-0.2, 0) is 11.2 Å². The topological polar surface area (TPSA) is 35.6 Å². The molecule has 0 bridgehead atoms. The van der Waals surface area contributed by atoms with Gasteiger partial charge >= 0.3 is 0 Å². The van der Waals surface area contributed by atoms with Crippen molar-refractivity contribution in [3.8, 4) is 0 Å². The number of amides is 1. The number of piperazine rings is 1. The highest BCUT2D eigenvalue weighted by atomic mass is 35.5. The lowest BCUT2D eigenvalue weighted by atomic mass is 10.1. The molecule has 0 aromatic heterocycles. The highest BCUT2D eigenvalue weighted by Gasteiger charge is 2.20. The van der Waals surface area contributed by atoms with Crippen molar-refractivity contribution in [2.24, 2.45) is 0 Å². The standard InChI is InChI=1S/C22H28ClN3O/c1-18-9-10-20(23)16-21(18)26-14-12-25(13-15-26)17-22(27)24-11-5-8-19-6-3-2-4-7-19/h2-4,6-7,9-10,16H,5,8,11-15,17H2,1H3,(H,24,27). The van der Waals surface area contributed by atoms with Gasteiger partial charge in [-0.15, -0.1) is 0 Å². The van der Waals surface area contributed by atoms with Gasteiger partial charge in [-0.2, -0.15) is 0 Å². The average Bonchev–Trinajstić information content (AvgIpc) is 2.69. The van der Waals surface area contributed by atoms with Crippen LogP contribution in [0.2, 0.25) is 5.02 Å². The van der Waals surface area contributed by atoms with Crippen molar-refractivity contribution < 1.29 is 4.79 Å². The largest absolute Gasteiger partial charge is 0.369 e. The summed E-state index contributed by atoms with van der Waals surface area (Å²) >= 11 is 6.14. The number of benzene rings is 2. The van der Waals surface area contributed by atoms with Gasteiger partial charge in [0.2, 0.25) is 5.91 Å². The zero-order chi connectivity index (χ0) is 19.1. The van der Waals surface area contributed by atoms with Gasteiger partial charge < -0.3 is 10.2 Å². The summed E-state index contributed by atoms with van der Waals surface area (Å²) in [5, 5.41) is 3.82. The molecule has 0 spiro atoms. The molecule has 0 saturated carbocycles. The third-order valence-corrected chi connectivity index (χ3v) is 5.29. The summed E-state index contributed by atoms with van der Waals surface area (Å²) in [5.41, 5.74) is 3.76. The molecule has 5 heteroatoms. The zero-order valence-corrected chi connectivity index (χ0v) is 16.7. The highest BCUT2D eigenvalue weighted by molar-refractivity contribution is 6.30. The maximum atomic E-state index is 12.2. The average molecular weight is 386 g/mol. The summed E-state index contributed by atoms with van der Waals surface area (Å²) in [7, 11) is 0. The molecule has 1 aliphatic rings. The molecule has 1 amide bonds. The van der Waals surface area contributed by atoms with Gasteiger partial charge in [-0.25, -0.2) is 0 Å². The van der Waals surface area contributed by atoms with Crippen molar-refractivity contribution in [1.82, 2.24) is 10.2 Å². The van der Waals surface area contributed by atoms with Crippen molar-refractivity contribution in [3.05, 3.63) is 64.7 Å².